The van der Waals surface area contributed by atoms with Crippen molar-refractivity contribution in [2.75, 3.05) is 11.8 Å². The van der Waals surface area contributed by atoms with E-state index in [1.54, 1.807) is 30.3 Å². The predicted octanol–water partition coefficient (Wildman–Crippen LogP) is 5.33. The molecule has 0 heterocycles. The monoisotopic (exact) mass is 505 g/mol. The number of ether oxygens (including phenoxy) is 1. The maximum atomic E-state index is 13.0. The molecule has 0 radical (unpaired) electrons. The number of carbonyl (C=O) groups is 1. The fraction of sp³-hybridized carbons (Fsp3) is 0.400. The van der Waals surface area contributed by atoms with Crippen LogP contribution in [0.5, 0.6) is 5.75 Å². The minimum atomic E-state index is -3.88. The summed E-state index contributed by atoms with van der Waals surface area (Å²) in [7, 11) is -4.78. The molecule has 0 spiro atoms. The Morgan fingerprint density at radius 3 is 2.32 bits per heavy atom. The summed E-state index contributed by atoms with van der Waals surface area (Å²) in [6, 6.07) is 11.5. The molecule has 2 aromatic carbocycles. The van der Waals surface area contributed by atoms with Crippen LogP contribution in [0.25, 0.3) is 0 Å². The number of hydrogen-bond donors (Lipinski definition) is 2. The summed E-state index contributed by atoms with van der Waals surface area (Å²) in [5.74, 6) is 0.0124. The molecule has 0 amide bonds. The summed E-state index contributed by atoms with van der Waals surface area (Å²) in [5, 5.41) is 10.9. The first-order chi connectivity index (χ1) is 15.7. The van der Waals surface area contributed by atoms with Crippen LogP contribution in [0, 0.1) is 6.92 Å². The average molecular weight is 506 g/mol. The van der Waals surface area contributed by atoms with E-state index in [1.165, 1.54) is 31.4 Å². The second-order valence-electron chi connectivity index (χ2n) is 9.71. The van der Waals surface area contributed by atoms with E-state index in [1.807, 2.05) is 6.92 Å². The molecule has 34 heavy (non-hydrogen) atoms. The molecule has 0 saturated heterocycles. The van der Waals surface area contributed by atoms with Crippen LogP contribution in [0.2, 0.25) is 18.1 Å². The lowest BCUT2D eigenvalue weighted by Crippen LogP contribution is -2.43. The normalized spacial score (nSPS) is 13.5. The molecule has 2 rings (SSSR count). The van der Waals surface area contributed by atoms with Crippen LogP contribution in [-0.4, -0.2) is 34.9 Å². The molecule has 7 nitrogen and oxygen atoms in total. The van der Waals surface area contributed by atoms with E-state index < -0.39 is 30.4 Å². The van der Waals surface area contributed by atoms with Gasteiger partial charge in [-0.25, -0.2) is 13.2 Å². The molecule has 0 aliphatic carbocycles. The van der Waals surface area contributed by atoms with E-state index in [9.17, 15) is 18.3 Å². The summed E-state index contributed by atoms with van der Waals surface area (Å²) < 4.78 is 39.5. The fourth-order valence-electron chi connectivity index (χ4n) is 2.83. The molecule has 1 unspecified atom stereocenters. The highest BCUT2D eigenvalue weighted by Crippen LogP contribution is 2.39. The second kappa shape index (κ2) is 10.8. The third-order valence-electron chi connectivity index (χ3n) is 5.95. The molecule has 2 aromatic rings. The Bertz CT molecular complexity index is 1130. The standard InChI is InChI=1S/C25H35NO6SSi/c1-18-11-14-20(15-12-18)33(29,30)26-22-16-13-19(32-34(6,7)25(2,3)4)17-21(22)23(27)9-8-10-24(28)31-5/h8,10-17,23,26-27H,9H2,1-7H3/b10-8+. The highest BCUT2D eigenvalue weighted by molar-refractivity contribution is 7.92. The minimum absolute atomic E-state index is 0.0409. The Kier molecular flexibility index (Phi) is 8.73. The van der Waals surface area contributed by atoms with E-state index in [0.29, 0.717) is 11.3 Å². The predicted molar refractivity (Wildman–Crippen MR) is 137 cm³/mol. The number of aryl methyl sites for hydroxylation is 1. The number of nitrogens with one attached hydrogen (secondary N) is 1. The lowest BCUT2D eigenvalue weighted by molar-refractivity contribution is -0.134. The highest BCUT2D eigenvalue weighted by Gasteiger charge is 2.39. The molecule has 0 saturated carbocycles. The Hall–Kier alpha value is -2.62. The number of rotatable bonds is 9. The fourth-order valence-corrected chi connectivity index (χ4v) is 4.94. The van der Waals surface area contributed by atoms with Gasteiger partial charge < -0.3 is 14.3 Å². The van der Waals surface area contributed by atoms with Crippen molar-refractivity contribution in [1.82, 2.24) is 0 Å². The van der Waals surface area contributed by atoms with Crippen molar-refractivity contribution in [3.8, 4) is 5.75 Å². The zero-order chi connectivity index (χ0) is 25.7. The van der Waals surface area contributed by atoms with Crippen LogP contribution in [0.4, 0.5) is 5.69 Å². The number of aliphatic hydroxyl groups excluding tert-OH is 1. The van der Waals surface area contributed by atoms with Crippen LogP contribution in [0.15, 0.2) is 59.5 Å². The topological polar surface area (TPSA) is 102 Å². The van der Waals surface area contributed by atoms with E-state index in [4.69, 9.17) is 4.43 Å². The first kappa shape index (κ1) is 27.6. The highest BCUT2D eigenvalue weighted by atomic mass is 32.2. The molecule has 0 aliphatic heterocycles. The number of anilines is 1. The first-order valence-corrected chi connectivity index (χ1v) is 15.4. The third-order valence-corrected chi connectivity index (χ3v) is 11.7. The van der Waals surface area contributed by atoms with Crippen LogP contribution in [0.3, 0.4) is 0 Å². The molecule has 1 atom stereocenters. The van der Waals surface area contributed by atoms with E-state index in [0.717, 1.165) is 5.56 Å². The van der Waals surface area contributed by atoms with Gasteiger partial charge in [0.2, 0.25) is 8.32 Å². The SMILES string of the molecule is COC(=O)/C=C/CC(O)c1cc(O[Si](C)(C)C(C)(C)C)ccc1NS(=O)(=O)c1ccc(C)cc1. The van der Waals surface area contributed by atoms with Gasteiger partial charge in [-0.3, -0.25) is 4.72 Å². The van der Waals surface area contributed by atoms with Crippen molar-refractivity contribution < 1.29 is 27.5 Å². The minimum Gasteiger partial charge on any atom is -0.543 e. The summed E-state index contributed by atoms with van der Waals surface area (Å²) in [6.45, 7) is 12.5. The number of aliphatic hydroxyl groups is 1. The van der Waals surface area contributed by atoms with E-state index in [2.05, 4.69) is 43.3 Å². The number of sulfonamides is 1. The molecule has 0 fully saturated rings. The van der Waals surface area contributed by atoms with E-state index in [-0.39, 0.29) is 22.0 Å². The molecule has 0 aromatic heterocycles. The van der Waals surface area contributed by atoms with Gasteiger partial charge in [0, 0.05) is 11.6 Å². The van der Waals surface area contributed by atoms with Gasteiger partial charge in [-0.05, 0) is 61.8 Å². The smallest absolute Gasteiger partial charge is 0.330 e. The maximum Gasteiger partial charge on any atom is 0.330 e. The Balaban J connectivity index is 2.44. The molecule has 0 bridgehead atoms. The van der Waals surface area contributed by atoms with Gasteiger partial charge in [0.25, 0.3) is 10.0 Å². The van der Waals surface area contributed by atoms with Crippen LogP contribution in [-0.2, 0) is 19.6 Å². The number of carbonyl (C=O) groups excluding carboxylic acids is 1. The Labute approximate surface area is 204 Å². The van der Waals surface area contributed by atoms with Gasteiger partial charge in [0.15, 0.2) is 0 Å². The van der Waals surface area contributed by atoms with Crippen LogP contribution >= 0.6 is 0 Å². The summed E-state index contributed by atoms with van der Waals surface area (Å²) in [6.07, 6.45) is 1.70. The summed E-state index contributed by atoms with van der Waals surface area (Å²) in [5.41, 5.74) is 1.53. The lowest BCUT2D eigenvalue weighted by Gasteiger charge is -2.36. The number of hydrogen-bond acceptors (Lipinski definition) is 6. The molecule has 2 N–H and O–H groups in total. The van der Waals surface area contributed by atoms with Gasteiger partial charge in [0.05, 0.1) is 23.8 Å². The van der Waals surface area contributed by atoms with Gasteiger partial charge in [-0.1, -0.05) is 44.5 Å². The van der Waals surface area contributed by atoms with Gasteiger partial charge in [-0.2, -0.15) is 0 Å². The summed E-state index contributed by atoms with van der Waals surface area (Å²) in [4.78, 5) is 11.5. The van der Waals surface area contributed by atoms with Crippen LogP contribution < -0.4 is 9.15 Å². The molecule has 9 heteroatoms. The second-order valence-corrected chi connectivity index (χ2v) is 16.1. The van der Waals surface area contributed by atoms with Crippen molar-refractivity contribution >= 4 is 30.0 Å². The van der Waals surface area contributed by atoms with Crippen molar-refractivity contribution in [1.29, 1.82) is 0 Å². The molecule has 186 valence electrons. The number of methoxy groups -OCH3 is 1. The van der Waals surface area contributed by atoms with Crippen molar-refractivity contribution in [3.63, 3.8) is 0 Å². The lowest BCUT2D eigenvalue weighted by atomic mass is 10.0. The van der Waals surface area contributed by atoms with Crippen LogP contribution in [0.1, 0.15) is 44.4 Å². The number of benzene rings is 2. The molecular weight excluding hydrogens is 470 g/mol. The molecule has 0 aliphatic rings. The average Bonchev–Trinajstić information content (AvgIpc) is 2.73. The zero-order valence-corrected chi connectivity index (χ0v) is 22.7. The van der Waals surface area contributed by atoms with Crippen molar-refractivity contribution in [2.24, 2.45) is 0 Å². The third kappa shape index (κ3) is 7.19. The summed E-state index contributed by atoms with van der Waals surface area (Å²) >= 11 is 0. The maximum absolute atomic E-state index is 13.0. The van der Waals surface area contributed by atoms with Crippen molar-refractivity contribution in [3.05, 3.63) is 65.7 Å². The van der Waals surface area contributed by atoms with E-state index >= 15 is 0 Å². The van der Waals surface area contributed by atoms with Crippen molar-refractivity contribution in [2.45, 2.75) is 63.2 Å². The number of esters is 1. The van der Waals surface area contributed by atoms with Gasteiger partial charge in [-0.15, -0.1) is 0 Å². The Morgan fingerprint density at radius 2 is 1.76 bits per heavy atom. The zero-order valence-electron chi connectivity index (χ0n) is 20.9. The first-order valence-electron chi connectivity index (χ1n) is 11.0. The molecular formula is C25H35NO6SSi. The Morgan fingerprint density at radius 1 is 1.15 bits per heavy atom. The largest absolute Gasteiger partial charge is 0.543 e. The quantitative estimate of drug-likeness (QED) is 0.271. The van der Waals surface area contributed by atoms with Gasteiger partial charge >= 0.3 is 5.97 Å². The van der Waals surface area contributed by atoms with Gasteiger partial charge in [0.1, 0.15) is 5.75 Å².